The number of carbonyl (C=O) groups excluding carboxylic acids is 2. The van der Waals surface area contributed by atoms with Crippen molar-refractivity contribution < 1.29 is 19.1 Å². The molecular formula is C27H53NO4. The summed E-state index contributed by atoms with van der Waals surface area (Å²) >= 11 is 0. The molecular weight excluding hydrogens is 402 g/mol. The van der Waals surface area contributed by atoms with Gasteiger partial charge in [0.05, 0.1) is 13.2 Å². The first-order chi connectivity index (χ1) is 15.7. The largest absolute Gasteiger partial charge is 0.464 e. The molecule has 0 radical (unpaired) electrons. The van der Waals surface area contributed by atoms with Gasteiger partial charge in [0.2, 0.25) is 0 Å². The second kappa shape index (κ2) is 24.4. The van der Waals surface area contributed by atoms with Crippen molar-refractivity contribution in [2.75, 3.05) is 13.2 Å². The zero-order valence-corrected chi connectivity index (χ0v) is 21.6. The molecule has 0 rings (SSSR count). The molecule has 0 aliphatic carbocycles. The van der Waals surface area contributed by atoms with Crippen LogP contribution >= 0.6 is 0 Å². The third-order valence-corrected chi connectivity index (χ3v) is 5.85. The Hall–Kier alpha value is -1.26. The van der Waals surface area contributed by atoms with Gasteiger partial charge in [-0.2, -0.15) is 0 Å². The molecule has 1 N–H and O–H groups in total. The van der Waals surface area contributed by atoms with E-state index in [-0.39, 0.29) is 5.97 Å². The van der Waals surface area contributed by atoms with Gasteiger partial charge in [-0.15, -0.1) is 0 Å². The second-order valence-electron chi connectivity index (χ2n) is 9.09. The number of hydrogen-bond donors (Lipinski definition) is 1. The average molecular weight is 456 g/mol. The molecule has 0 saturated carbocycles. The monoisotopic (exact) mass is 455 g/mol. The zero-order valence-electron chi connectivity index (χ0n) is 21.6. The Kier molecular flexibility index (Phi) is 23.4. The highest BCUT2D eigenvalue weighted by Crippen LogP contribution is 2.13. The van der Waals surface area contributed by atoms with Gasteiger partial charge in [0.25, 0.3) is 0 Å². The first-order valence-electron chi connectivity index (χ1n) is 13.8. The van der Waals surface area contributed by atoms with Crippen LogP contribution in [-0.4, -0.2) is 31.3 Å². The molecule has 0 aromatic rings. The van der Waals surface area contributed by atoms with Crippen LogP contribution in [-0.2, 0) is 14.3 Å². The van der Waals surface area contributed by atoms with Gasteiger partial charge < -0.3 is 14.8 Å². The van der Waals surface area contributed by atoms with E-state index in [0.717, 1.165) is 32.1 Å². The standard InChI is InChI=1S/C27H53NO4/c1-4-7-9-10-11-12-13-14-15-16-17-18-19-20-21-24-31-26(29)25(22-8-5-2)28-27(30)32-23-6-3/h25H,4-24H2,1-3H3,(H,28,30). The van der Waals surface area contributed by atoms with E-state index in [1.54, 1.807) is 0 Å². The van der Waals surface area contributed by atoms with E-state index in [2.05, 4.69) is 19.2 Å². The van der Waals surface area contributed by atoms with Crippen LogP contribution in [0.2, 0.25) is 0 Å². The van der Waals surface area contributed by atoms with Crippen molar-refractivity contribution in [2.45, 2.75) is 149 Å². The molecule has 0 aromatic heterocycles. The van der Waals surface area contributed by atoms with Crippen LogP contribution in [0, 0.1) is 0 Å². The lowest BCUT2D eigenvalue weighted by Gasteiger charge is -2.17. The van der Waals surface area contributed by atoms with Gasteiger partial charge in [0.1, 0.15) is 6.04 Å². The number of amides is 1. The van der Waals surface area contributed by atoms with Crippen LogP contribution < -0.4 is 5.32 Å². The van der Waals surface area contributed by atoms with E-state index < -0.39 is 12.1 Å². The van der Waals surface area contributed by atoms with Crippen molar-refractivity contribution in [1.29, 1.82) is 0 Å². The maximum atomic E-state index is 12.3. The lowest BCUT2D eigenvalue weighted by atomic mass is 10.0. The van der Waals surface area contributed by atoms with Crippen LogP contribution in [0.15, 0.2) is 0 Å². The first-order valence-corrected chi connectivity index (χ1v) is 13.8. The van der Waals surface area contributed by atoms with Gasteiger partial charge in [0, 0.05) is 0 Å². The van der Waals surface area contributed by atoms with Crippen LogP contribution in [0.3, 0.4) is 0 Å². The Morgan fingerprint density at radius 1 is 0.562 bits per heavy atom. The van der Waals surface area contributed by atoms with Gasteiger partial charge in [-0.05, 0) is 19.3 Å². The quantitative estimate of drug-likeness (QED) is 0.125. The van der Waals surface area contributed by atoms with Gasteiger partial charge >= 0.3 is 12.1 Å². The van der Waals surface area contributed by atoms with E-state index in [1.807, 2.05) is 6.92 Å². The SMILES string of the molecule is CCCCCCCCCCCCCCCCCOC(=O)C(CCCC)NC(=O)OCCC. The molecule has 0 saturated heterocycles. The van der Waals surface area contributed by atoms with E-state index in [9.17, 15) is 9.59 Å². The number of hydrogen-bond acceptors (Lipinski definition) is 4. The Morgan fingerprint density at radius 3 is 1.50 bits per heavy atom. The molecule has 0 aromatic carbocycles. The molecule has 1 atom stereocenters. The average Bonchev–Trinajstić information content (AvgIpc) is 2.79. The number of rotatable bonds is 23. The van der Waals surface area contributed by atoms with Gasteiger partial charge in [0.15, 0.2) is 0 Å². The molecule has 0 aliphatic rings. The van der Waals surface area contributed by atoms with Crippen molar-refractivity contribution in [3.05, 3.63) is 0 Å². The summed E-state index contributed by atoms with van der Waals surface area (Å²) in [5.74, 6) is -0.336. The maximum absolute atomic E-state index is 12.3. The van der Waals surface area contributed by atoms with Gasteiger partial charge in [-0.1, -0.05) is 124 Å². The number of alkyl carbamates (subject to hydrolysis) is 1. The summed E-state index contributed by atoms with van der Waals surface area (Å²) in [6.07, 6.45) is 22.4. The van der Waals surface area contributed by atoms with Crippen LogP contribution in [0.5, 0.6) is 0 Å². The Bertz CT molecular complexity index is 428. The Morgan fingerprint density at radius 2 is 1.03 bits per heavy atom. The van der Waals surface area contributed by atoms with E-state index in [4.69, 9.17) is 9.47 Å². The molecule has 0 fully saturated rings. The fourth-order valence-electron chi connectivity index (χ4n) is 3.78. The predicted molar refractivity (Wildman–Crippen MR) is 134 cm³/mol. The number of unbranched alkanes of at least 4 members (excludes halogenated alkanes) is 15. The number of esters is 1. The summed E-state index contributed by atoms with van der Waals surface area (Å²) in [6, 6.07) is -0.601. The number of ether oxygens (including phenoxy) is 2. The molecule has 0 aliphatic heterocycles. The highest BCUT2D eigenvalue weighted by atomic mass is 16.6. The molecule has 0 heterocycles. The summed E-state index contributed by atoms with van der Waals surface area (Å²) in [7, 11) is 0. The summed E-state index contributed by atoms with van der Waals surface area (Å²) in [4.78, 5) is 24.1. The highest BCUT2D eigenvalue weighted by Gasteiger charge is 2.22. The Labute approximate surface area is 198 Å². The third-order valence-electron chi connectivity index (χ3n) is 5.85. The minimum atomic E-state index is -0.601. The lowest BCUT2D eigenvalue weighted by molar-refractivity contribution is -0.146. The van der Waals surface area contributed by atoms with Gasteiger partial charge in [-0.25, -0.2) is 9.59 Å². The third kappa shape index (κ3) is 20.6. The molecule has 32 heavy (non-hydrogen) atoms. The molecule has 0 bridgehead atoms. The van der Waals surface area contributed by atoms with Crippen molar-refractivity contribution >= 4 is 12.1 Å². The second-order valence-corrected chi connectivity index (χ2v) is 9.09. The van der Waals surface area contributed by atoms with Gasteiger partial charge in [-0.3, -0.25) is 0 Å². The summed E-state index contributed by atoms with van der Waals surface area (Å²) in [5, 5.41) is 2.66. The summed E-state index contributed by atoms with van der Waals surface area (Å²) < 4.78 is 10.4. The molecule has 1 unspecified atom stereocenters. The smallest absolute Gasteiger partial charge is 0.407 e. The summed E-state index contributed by atoms with van der Waals surface area (Å²) in [5.41, 5.74) is 0. The normalized spacial score (nSPS) is 11.8. The maximum Gasteiger partial charge on any atom is 0.407 e. The lowest BCUT2D eigenvalue weighted by Crippen LogP contribution is -2.42. The molecule has 5 heteroatoms. The fourth-order valence-corrected chi connectivity index (χ4v) is 3.78. The van der Waals surface area contributed by atoms with Crippen LogP contribution in [0.25, 0.3) is 0 Å². The summed E-state index contributed by atoms with van der Waals surface area (Å²) in [6.45, 7) is 7.07. The number of carbonyl (C=O) groups is 2. The molecule has 1 amide bonds. The van der Waals surface area contributed by atoms with Crippen molar-refractivity contribution in [3.8, 4) is 0 Å². The first kappa shape index (κ1) is 30.7. The zero-order chi connectivity index (χ0) is 23.7. The van der Waals surface area contributed by atoms with Crippen molar-refractivity contribution in [2.24, 2.45) is 0 Å². The predicted octanol–water partition coefficient (Wildman–Crippen LogP) is 8.10. The van der Waals surface area contributed by atoms with Crippen LogP contribution in [0.4, 0.5) is 4.79 Å². The molecule has 5 nitrogen and oxygen atoms in total. The van der Waals surface area contributed by atoms with Crippen molar-refractivity contribution in [1.82, 2.24) is 5.32 Å². The van der Waals surface area contributed by atoms with Crippen LogP contribution in [0.1, 0.15) is 143 Å². The minimum absolute atomic E-state index is 0.336. The van der Waals surface area contributed by atoms with E-state index >= 15 is 0 Å². The minimum Gasteiger partial charge on any atom is -0.464 e. The molecule has 190 valence electrons. The van der Waals surface area contributed by atoms with E-state index in [0.29, 0.717) is 19.6 Å². The fraction of sp³-hybridized carbons (Fsp3) is 0.926. The Balaban J connectivity index is 3.61. The topological polar surface area (TPSA) is 64.6 Å². The highest BCUT2D eigenvalue weighted by molar-refractivity contribution is 5.81. The number of nitrogens with one attached hydrogen (secondary N) is 1. The molecule has 0 spiro atoms. The van der Waals surface area contributed by atoms with E-state index in [1.165, 1.54) is 83.5 Å². The van der Waals surface area contributed by atoms with Crippen molar-refractivity contribution in [3.63, 3.8) is 0 Å².